The van der Waals surface area contributed by atoms with Gasteiger partial charge in [-0.15, -0.1) is 0 Å². The largest absolute Gasteiger partial charge is 0.288 e. The van der Waals surface area contributed by atoms with Crippen molar-refractivity contribution in [3.63, 3.8) is 0 Å². The van der Waals surface area contributed by atoms with Gasteiger partial charge in [0.05, 0.1) is 18.3 Å². The minimum atomic E-state index is 0.441. The van der Waals surface area contributed by atoms with Crippen LogP contribution in [0.1, 0.15) is 5.69 Å². The van der Waals surface area contributed by atoms with Gasteiger partial charge < -0.3 is 0 Å². The Morgan fingerprint density at radius 1 is 1.75 bits per heavy atom. The second-order valence-electron chi connectivity index (χ2n) is 2.81. The zero-order valence-corrected chi connectivity index (χ0v) is 7.36. The first-order valence-corrected chi connectivity index (χ1v) is 3.76. The van der Waals surface area contributed by atoms with Crippen molar-refractivity contribution in [3.05, 3.63) is 18.0 Å². The monoisotopic (exact) mass is 164 g/mol. The molecule has 1 aromatic rings. The van der Waals surface area contributed by atoms with Crippen LogP contribution >= 0.6 is 0 Å². The molecule has 0 spiro atoms. The Kier molecular flexibility index (Phi) is 2.83. The summed E-state index contributed by atoms with van der Waals surface area (Å²) >= 11 is 0. The fraction of sp³-hybridized carbons (Fsp3) is 0.500. The lowest BCUT2D eigenvalue weighted by Crippen LogP contribution is -2.18. The van der Waals surface area contributed by atoms with Gasteiger partial charge in [-0.1, -0.05) is 0 Å². The Balaban J connectivity index is 2.47. The highest BCUT2D eigenvalue weighted by Gasteiger charge is 2.00. The molecule has 4 nitrogen and oxygen atoms in total. The minimum absolute atomic E-state index is 0.441. The average Bonchev–Trinajstić information content (AvgIpc) is 2.36. The van der Waals surface area contributed by atoms with Gasteiger partial charge in [0.2, 0.25) is 0 Å². The normalized spacial score (nSPS) is 10.2. The Labute approximate surface area is 72.0 Å². The molecule has 0 amide bonds. The molecule has 0 saturated heterocycles. The third-order valence-electron chi connectivity index (χ3n) is 1.54. The summed E-state index contributed by atoms with van der Waals surface area (Å²) in [4.78, 5) is 1.92. The maximum absolute atomic E-state index is 8.40. The van der Waals surface area contributed by atoms with Crippen molar-refractivity contribution >= 4 is 0 Å². The van der Waals surface area contributed by atoms with Gasteiger partial charge in [0.1, 0.15) is 0 Å². The molecule has 0 aliphatic rings. The first-order valence-electron chi connectivity index (χ1n) is 3.76. The van der Waals surface area contributed by atoms with E-state index in [-0.39, 0.29) is 0 Å². The van der Waals surface area contributed by atoms with E-state index in [4.69, 9.17) is 5.26 Å². The van der Waals surface area contributed by atoms with Crippen LogP contribution in [0.2, 0.25) is 0 Å². The van der Waals surface area contributed by atoms with Crippen molar-refractivity contribution in [1.29, 1.82) is 5.26 Å². The molecule has 0 aromatic carbocycles. The summed E-state index contributed by atoms with van der Waals surface area (Å²) in [6.07, 6.45) is 1.90. The lowest BCUT2D eigenvalue weighted by Gasteiger charge is -2.08. The SMILES string of the molecule is CN(CC#N)Cc1ccn(C)n1. The van der Waals surface area contributed by atoms with Gasteiger partial charge >= 0.3 is 0 Å². The number of aromatic nitrogens is 2. The van der Waals surface area contributed by atoms with Crippen molar-refractivity contribution in [3.8, 4) is 6.07 Å². The van der Waals surface area contributed by atoms with Crippen LogP contribution in [0.5, 0.6) is 0 Å². The number of hydrogen-bond donors (Lipinski definition) is 0. The Morgan fingerprint density at radius 2 is 2.50 bits per heavy atom. The third-order valence-corrected chi connectivity index (χ3v) is 1.54. The first-order chi connectivity index (χ1) is 5.72. The van der Waals surface area contributed by atoms with Crippen LogP contribution in [0.15, 0.2) is 12.3 Å². The summed E-state index contributed by atoms with van der Waals surface area (Å²) in [7, 11) is 3.78. The van der Waals surface area contributed by atoms with Crippen molar-refractivity contribution in [2.24, 2.45) is 7.05 Å². The van der Waals surface area contributed by atoms with Crippen molar-refractivity contribution in [2.45, 2.75) is 6.54 Å². The molecule has 0 fully saturated rings. The number of nitrogens with zero attached hydrogens (tertiary/aromatic N) is 4. The molecule has 0 radical (unpaired) electrons. The van der Waals surface area contributed by atoms with Gasteiger partial charge in [0.25, 0.3) is 0 Å². The number of hydrogen-bond acceptors (Lipinski definition) is 3. The molecule has 0 aliphatic heterocycles. The predicted octanol–water partition coefficient (Wildman–Crippen LogP) is 0.375. The molecule has 0 unspecified atom stereocenters. The molecular weight excluding hydrogens is 152 g/mol. The molecule has 12 heavy (non-hydrogen) atoms. The van der Waals surface area contributed by atoms with Crippen molar-refractivity contribution in [2.75, 3.05) is 13.6 Å². The zero-order valence-electron chi connectivity index (χ0n) is 7.36. The van der Waals surface area contributed by atoms with E-state index in [0.29, 0.717) is 6.54 Å². The summed E-state index contributed by atoms with van der Waals surface area (Å²) in [5, 5.41) is 12.6. The number of rotatable bonds is 3. The predicted molar refractivity (Wildman–Crippen MR) is 45.2 cm³/mol. The van der Waals surface area contributed by atoms with Gasteiger partial charge in [-0.05, 0) is 13.1 Å². The highest BCUT2D eigenvalue weighted by atomic mass is 15.3. The maximum atomic E-state index is 8.40. The molecule has 0 aliphatic carbocycles. The fourth-order valence-electron chi connectivity index (χ4n) is 1.00. The third kappa shape index (κ3) is 2.36. The van der Waals surface area contributed by atoms with E-state index < -0.39 is 0 Å². The average molecular weight is 164 g/mol. The molecule has 0 bridgehead atoms. The van der Waals surface area contributed by atoms with Gasteiger partial charge in [-0.3, -0.25) is 9.58 Å². The van der Waals surface area contributed by atoms with Crippen LogP contribution in [0.25, 0.3) is 0 Å². The molecule has 4 heteroatoms. The van der Waals surface area contributed by atoms with E-state index in [9.17, 15) is 0 Å². The molecular formula is C8H12N4. The molecule has 0 saturated carbocycles. The summed E-state index contributed by atoms with van der Waals surface area (Å²) < 4.78 is 1.76. The second-order valence-corrected chi connectivity index (χ2v) is 2.81. The van der Waals surface area contributed by atoms with Crippen molar-refractivity contribution < 1.29 is 0 Å². The Morgan fingerprint density at radius 3 is 3.00 bits per heavy atom. The summed E-state index contributed by atoms with van der Waals surface area (Å²) in [6.45, 7) is 1.17. The molecule has 64 valence electrons. The first kappa shape index (κ1) is 8.75. The van der Waals surface area contributed by atoms with E-state index in [1.54, 1.807) is 4.68 Å². The lowest BCUT2D eigenvalue weighted by atomic mass is 10.4. The number of nitriles is 1. The lowest BCUT2D eigenvalue weighted by molar-refractivity contribution is 0.361. The van der Waals surface area contributed by atoms with Crippen LogP contribution in [0.4, 0.5) is 0 Å². The van der Waals surface area contributed by atoms with Crippen LogP contribution in [0.3, 0.4) is 0 Å². The molecule has 1 heterocycles. The van der Waals surface area contributed by atoms with E-state index in [2.05, 4.69) is 11.2 Å². The van der Waals surface area contributed by atoms with Gasteiger partial charge in [0, 0.05) is 19.8 Å². The highest BCUT2D eigenvalue weighted by molar-refractivity contribution is 4.98. The zero-order chi connectivity index (χ0) is 8.97. The fourth-order valence-corrected chi connectivity index (χ4v) is 1.00. The van der Waals surface area contributed by atoms with E-state index in [1.807, 2.05) is 31.3 Å². The molecule has 1 rings (SSSR count). The summed E-state index contributed by atoms with van der Waals surface area (Å²) in [6, 6.07) is 4.04. The standard InChI is InChI=1S/C8H12N4/c1-11(6-4-9)7-8-3-5-12(2)10-8/h3,5H,6-7H2,1-2H3. The van der Waals surface area contributed by atoms with Gasteiger partial charge in [-0.2, -0.15) is 10.4 Å². The topological polar surface area (TPSA) is 44.9 Å². The Bertz CT molecular complexity index is 283. The quantitative estimate of drug-likeness (QED) is 0.606. The summed E-state index contributed by atoms with van der Waals surface area (Å²) in [5.41, 5.74) is 0.996. The molecule has 0 atom stereocenters. The highest BCUT2D eigenvalue weighted by Crippen LogP contribution is 1.97. The van der Waals surface area contributed by atoms with E-state index in [0.717, 1.165) is 12.2 Å². The van der Waals surface area contributed by atoms with Gasteiger partial charge in [-0.25, -0.2) is 0 Å². The molecule has 1 aromatic heterocycles. The van der Waals surface area contributed by atoms with Crippen LogP contribution in [0, 0.1) is 11.3 Å². The van der Waals surface area contributed by atoms with E-state index >= 15 is 0 Å². The number of aryl methyl sites for hydroxylation is 1. The Hall–Kier alpha value is -1.34. The molecule has 0 N–H and O–H groups in total. The summed E-state index contributed by atoms with van der Waals surface area (Å²) in [5.74, 6) is 0. The smallest absolute Gasteiger partial charge is 0.0866 e. The second kappa shape index (κ2) is 3.88. The van der Waals surface area contributed by atoms with Crippen LogP contribution in [-0.4, -0.2) is 28.3 Å². The minimum Gasteiger partial charge on any atom is -0.288 e. The van der Waals surface area contributed by atoms with E-state index in [1.165, 1.54) is 0 Å². The van der Waals surface area contributed by atoms with Gasteiger partial charge in [0.15, 0.2) is 0 Å². The van der Waals surface area contributed by atoms with Crippen molar-refractivity contribution in [1.82, 2.24) is 14.7 Å². The maximum Gasteiger partial charge on any atom is 0.0866 e. The van der Waals surface area contributed by atoms with Crippen LogP contribution in [-0.2, 0) is 13.6 Å². The van der Waals surface area contributed by atoms with Crippen LogP contribution < -0.4 is 0 Å².